The van der Waals surface area contributed by atoms with Crippen molar-refractivity contribution in [1.29, 1.82) is 0 Å². The van der Waals surface area contributed by atoms with Gasteiger partial charge >= 0.3 is 0 Å². The fourth-order valence-electron chi connectivity index (χ4n) is 2.37. The monoisotopic (exact) mass is 296 g/mol. The molecule has 0 spiro atoms. The molecule has 0 bridgehead atoms. The zero-order valence-electron chi connectivity index (χ0n) is 11.8. The summed E-state index contributed by atoms with van der Waals surface area (Å²) in [6, 6.07) is 0. The Morgan fingerprint density at radius 2 is 2.25 bits per heavy atom. The molecule has 0 aliphatic carbocycles. The van der Waals surface area contributed by atoms with Crippen molar-refractivity contribution in [2.24, 2.45) is 18.2 Å². The summed E-state index contributed by atoms with van der Waals surface area (Å²) in [4.78, 5) is 12.7. The fourth-order valence-corrected chi connectivity index (χ4v) is 2.66. The summed E-state index contributed by atoms with van der Waals surface area (Å²) in [5, 5.41) is 7.08. The number of aromatic nitrogens is 2. The Hall–Kier alpha value is -1.47. The standard InChI is InChI=1S/C13H20N4O2S/c1-9-10(8-16-17(9)2)7-15-12(18)13(11(14)20)3-5-19-6-4-13/h8H,3-7H2,1-2H3,(H2,14,20)(H,15,18). The molecule has 20 heavy (non-hydrogen) atoms. The SMILES string of the molecule is Cc1c(CNC(=O)C2(C(N)=S)CCOCC2)cnn1C. The van der Waals surface area contributed by atoms with Gasteiger partial charge in [0.05, 0.1) is 11.2 Å². The predicted molar refractivity (Wildman–Crippen MR) is 79.1 cm³/mol. The van der Waals surface area contributed by atoms with Gasteiger partial charge in [0.2, 0.25) is 5.91 Å². The third-order valence-electron chi connectivity index (χ3n) is 4.03. The Labute approximate surface area is 123 Å². The zero-order chi connectivity index (χ0) is 14.8. The van der Waals surface area contributed by atoms with Crippen molar-refractivity contribution in [2.45, 2.75) is 26.3 Å². The highest BCUT2D eigenvalue weighted by atomic mass is 32.1. The van der Waals surface area contributed by atoms with Gasteiger partial charge in [-0.3, -0.25) is 9.48 Å². The molecule has 0 unspecified atom stereocenters. The van der Waals surface area contributed by atoms with Crippen LogP contribution in [0.25, 0.3) is 0 Å². The number of hydrogen-bond acceptors (Lipinski definition) is 4. The lowest BCUT2D eigenvalue weighted by atomic mass is 9.79. The first-order valence-electron chi connectivity index (χ1n) is 6.61. The van der Waals surface area contributed by atoms with Crippen LogP contribution < -0.4 is 11.1 Å². The van der Waals surface area contributed by atoms with Crippen LogP contribution >= 0.6 is 12.2 Å². The van der Waals surface area contributed by atoms with Gasteiger partial charge in [-0.2, -0.15) is 5.10 Å². The van der Waals surface area contributed by atoms with E-state index in [1.807, 2.05) is 14.0 Å². The number of nitrogens with one attached hydrogen (secondary N) is 1. The minimum atomic E-state index is -0.774. The number of carbonyl (C=O) groups is 1. The molecule has 3 N–H and O–H groups in total. The maximum absolute atomic E-state index is 12.5. The minimum Gasteiger partial charge on any atom is -0.392 e. The second kappa shape index (κ2) is 5.88. The van der Waals surface area contributed by atoms with Crippen LogP contribution in [0.4, 0.5) is 0 Å². The molecule has 7 heteroatoms. The van der Waals surface area contributed by atoms with Crippen LogP contribution in [0.5, 0.6) is 0 Å². The summed E-state index contributed by atoms with van der Waals surface area (Å²) >= 11 is 5.11. The second-order valence-corrected chi connectivity index (χ2v) is 5.56. The van der Waals surface area contributed by atoms with Gasteiger partial charge in [-0.05, 0) is 19.8 Å². The van der Waals surface area contributed by atoms with Gasteiger partial charge in [0.15, 0.2) is 0 Å². The van der Waals surface area contributed by atoms with Crippen molar-refractivity contribution in [3.05, 3.63) is 17.5 Å². The van der Waals surface area contributed by atoms with E-state index in [-0.39, 0.29) is 10.9 Å². The molecule has 1 fully saturated rings. The molecule has 1 aromatic heterocycles. The number of hydrogen-bond donors (Lipinski definition) is 2. The van der Waals surface area contributed by atoms with Gasteiger partial charge in [0.1, 0.15) is 5.41 Å². The largest absolute Gasteiger partial charge is 0.392 e. The van der Waals surface area contributed by atoms with Gasteiger partial charge in [0.25, 0.3) is 0 Å². The van der Waals surface area contributed by atoms with Crippen molar-refractivity contribution in [3.63, 3.8) is 0 Å². The number of ether oxygens (including phenoxy) is 1. The van der Waals surface area contributed by atoms with E-state index >= 15 is 0 Å². The second-order valence-electron chi connectivity index (χ2n) is 5.12. The van der Waals surface area contributed by atoms with E-state index in [4.69, 9.17) is 22.7 Å². The van der Waals surface area contributed by atoms with Crippen LogP contribution in [0, 0.1) is 12.3 Å². The van der Waals surface area contributed by atoms with Gasteiger partial charge in [-0.1, -0.05) is 12.2 Å². The molecule has 2 heterocycles. The van der Waals surface area contributed by atoms with Gasteiger partial charge in [-0.15, -0.1) is 0 Å². The van der Waals surface area contributed by atoms with Crippen LogP contribution in [0.2, 0.25) is 0 Å². The molecule has 1 aliphatic heterocycles. The van der Waals surface area contributed by atoms with E-state index in [1.54, 1.807) is 10.9 Å². The molecule has 1 aromatic rings. The van der Waals surface area contributed by atoms with Crippen molar-refractivity contribution in [3.8, 4) is 0 Å². The quantitative estimate of drug-likeness (QED) is 0.787. The van der Waals surface area contributed by atoms with E-state index in [0.29, 0.717) is 32.6 Å². The highest BCUT2D eigenvalue weighted by Gasteiger charge is 2.42. The smallest absolute Gasteiger partial charge is 0.233 e. The molecular formula is C13H20N4O2S. The lowest BCUT2D eigenvalue weighted by Gasteiger charge is -2.34. The van der Waals surface area contributed by atoms with Crippen molar-refractivity contribution < 1.29 is 9.53 Å². The van der Waals surface area contributed by atoms with Crippen LogP contribution in [0.1, 0.15) is 24.1 Å². The summed E-state index contributed by atoms with van der Waals surface area (Å²) in [5.41, 5.74) is 7.05. The summed E-state index contributed by atoms with van der Waals surface area (Å²) in [6.07, 6.45) is 2.84. The lowest BCUT2D eigenvalue weighted by Crippen LogP contribution is -2.51. The Balaban J connectivity index is 2.06. The minimum absolute atomic E-state index is 0.114. The third kappa shape index (κ3) is 2.69. The van der Waals surface area contributed by atoms with E-state index in [0.717, 1.165) is 11.3 Å². The molecule has 110 valence electrons. The zero-order valence-corrected chi connectivity index (χ0v) is 12.6. The maximum atomic E-state index is 12.5. The first kappa shape index (κ1) is 14.9. The summed E-state index contributed by atoms with van der Waals surface area (Å²) in [5.74, 6) is -0.114. The molecule has 0 saturated carbocycles. The predicted octanol–water partition coefficient (Wildman–Crippen LogP) is 0.428. The van der Waals surface area contributed by atoms with E-state index in [2.05, 4.69) is 10.4 Å². The fraction of sp³-hybridized carbons (Fsp3) is 0.615. The van der Waals surface area contributed by atoms with Crippen LogP contribution in [0.3, 0.4) is 0 Å². The van der Waals surface area contributed by atoms with Crippen molar-refractivity contribution >= 4 is 23.1 Å². The number of nitrogens with zero attached hydrogens (tertiary/aromatic N) is 2. The average Bonchev–Trinajstić information content (AvgIpc) is 2.76. The Kier molecular flexibility index (Phi) is 4.39. The molecule has 0 atom stereocenters. The van der Waals surface area contributed by atoms with Crippen molar-refractivity contribution in [1.82, 2.24) is 15.1 Å². The van der Waals surface area contributed by atoms with Crippen molar-refractivity contribution in [2.75, 3.05) is 13.2 Å². The average molecular weight is 296 g/mol. The summed E-state index contributed by atoms with van der Waals surface area (Å²) in [7, 11) is 1.87. The van der Waals surface area contributed by atoms with Crippen LogP contribution in [0.15, 0.2) is 6.20 Å². The van der Waals surface area contributed by atoms with Crippen LogP contribution in [-0.2, 0) is 23.1 Å². The van der Waals surface area contributed by atoms with E-state index < -0.39 is 5.41 Å². The van der Waals surface area contributed by atoms with E-state index in [9.17, 15) is 4.79 Å². The lowest BCUT2D eigenvalue weighted by molar-refractivity contribution is -0.131. The molecule has 6 nitrogen and oxygen atoms in total. The third-order valence-corrected chi connectivity index (χ3v) is 4.42. The highest BCUT2D eigenvalue weighted by molar-refractivity contribution is 7.80. The Morgan fingerprint density at radius 3 is 2.75 bits per heavy atom. The first-order valence-corrected chi connectivity index (χ1v) is 7.01. The summed E-state index contributed by atoms with van der Waals surface area (Å²) in [6.45, 7) is 3.42. The first-order chi connectivity index (χ1) is 9.47. The summed E-state index contributed by atoms with van der Waals surface area (Å²) < 4.78 is 7.08. The van der Waals surface area contributed by atoms with Gasteiger partial charge in [0, 0.05) is 38.1 Å². The highest BCUT2D eigenvalue weighted by Crippen LogP contribution is 2.31. The molecular weight excluding hydrogens is 276 g/mol. The molecule has 1 aliphatic rings. The molecule has 0 radical (unpaired) electrons. The molecule has 0 aromatic carbocycles. The van der Waals surface area contributed by atoms with Crippen LogP contribution in [-0.4, -0.2) is 33.9 Å². The number of amides is 1. The normalized spacial score (nSPS) is 17.7. The maximum Gasteiger partial charge on any atom is 0.233 e. The molecule has 2 rings (SSSR count). The number of rotatable bonds is 4. The number of carbonyl (C=O) groups excluding carboxylic acids is 1. The number of aryl methyl sites for hydroxylation is 1. The van der Waals surface area contributed by atoms with E-state index in [1.165, 1.54) is 0 Å². The number of thiocarbonyl (C=S) groups is 1. The Bertz CT molecular complexity index is 520. The Morgan fingerprint density at radius 1 is 1.60 bits per heavy atom. The number of nitrogens with two attached hydrogens (primary N) is 1. The van der Waals surface area contributed by atoms with Gasteiger partial charge < -0.3 is 15.8 Å². The molecule has 1 saturated heterocycles. The topological polar surface area (TPSA) is 82.2 Å². The van der Waals surface area contributed by atoms with Gasteiger partial charge in [-0.25, -0.2) is 0 Å². The molecule has 1 amide bonds.